The molecule has 1 unspecified atom stereocenters. The van der Waals surface area contributed by atoms with Crippen molar-refractivity contribution in [2.45, 2.75) is 6.04 Å². The fourth-order valence-electron chi connectivity index (χ4n) is 2.19. The molecule has 4 nitrogen and oxygen atoms in total. The number of halogens is 2. The maximum Gasteiger partial charge on any atom is 0.152 e. The quantitative estimate of drug-likeness (QED) is 0.774. The van der Waals surface area contributed by atoms with E-state index in [4.69, 9.17) is 4.42 Å². The minimum atomic E-state index is -0.729. The summed E-state index contributed by atoms with van der Waals surface area (Å²) < 4.78 is 32.4. The van der Waals surface area contributed by atoms with Gasteiger partial charge in [-0.15, -0.1) is 0 Å². The van der Waals surface area contributed by atoms with Gasteiger partial charge in [0.1, 0.15) is 23.1 Å². The van der Waals surface area contributed by atoms with Gasteiger partial charge in [0.25, 0.3) is 0 Å². The maximum absolute atomic E-state index is 13.7. The van der Waals surface area contributed by atoms with Crippen LogP contribution in [0.15, 0.2) is 47.2 Å². The molecule has 2 aromatic heterocycles. The third kappa shape index (κ3) is 2.57. The Balaban J connectivity index is 2.04. The molecule has 2 heterocycles. The predicted octanol–water partition coefficient (Wildman–Crippen LogP) is 3.25. The molecule has 0 amide bonds. The molecule has 1 atom stereocenters. The molecule has 0 radical (unpaired) electrons. The first-order valence-corrected chi connectivity index (χ1v) is 6.33. The van der Waals surface area contributed by atoms with Gasteiger partial charge in [-0.2, -0.15) is 0 Å². The van der Waals surface area contributed by atoms with Crippen molar-refractivity contribution in [2.24, 2.45) is 0 Å². The van der Waals surface area contributed by atoms with Crippen molar-refractivity contribution in [2.75, 3.05) is 11.9 Å². The number of aliphatic hydroxyl groups excluding tert-OH is 1. The third-order valence-corrected chi connectivity index (χ3v) is 3.16. The number of furan rings is 1. The summed E-state index contributed by atoms with van der Waals surface area (Å²) in [5.74, 6) is -0.888. The zero-order valence-electron chi connectivity index (χ0n) is 10.9. The normalized spacial score (nSPS) is 12.5. The van der Waals surface area contributed by atoms with Crippen LogP contribution in [-0.4, -0.2) is 16.7 Å². The number of fused-ring (bicyclic) bond motifs is 1. The van der Waals surface area contributed by atoms with Crippen LogP contribution in [0.4, 0.5) is 14.5 Å². The lowest BCUT2D eigenvalue weighted by atomic mass is 10.1. The Morgan fingerprint density at radius 2 is 2.14 bits per heavy atom. The highest BCUT2D eigenvalue weighted by Crippen LogP contribution is 2.28. The fraction of sp³-hybridized carbons (Fsp3) is 0.133. The summed E-state index contributed by atoms with van der Waals surface area (Å²) in [4.78, 5) is 3.91. The van der Waals surface area contributed by atoms with E-state index in [-0.39, 0.29) is 12.1 Å². The highest BCUT2D eigenvalue weighted by Gasteiger charge is 2.16. The minimum Gasteiger partial charge on any atom is -0.467 e. The molecule has 3 rings (SSSR count). The molecule has 21 heavy (non-hydrogen) atoms. The minimum absolute atomic E-state index is 0.0672. The number of aromatic nitrogens is 1. The van der Waals surface area contributed by atoms with Crippen LogP contribution >= 0.6 is 0 Å². The molecule has 0 bridgehead atoms. The Morgan fingerprint density at radius 1 is 1.29 bits per heavy atom. The number of hydrogen-bond donors (Lipinski definition) is 2. The summed E-state index contributed by atoms with van der Waals surface area (Å²) in [5.41, 5.74) is 0.534. The van der Waals surface area contributed by atoms with E-state index in [0.717, 1.165) is 6.07 Å². The number of nitrogens with one attached hydrogen (secondary N) is 1. The number of nitrogens with zero attached hydrogens (tertiary/aromatic N) is 1. The molecule has 1 aromatic carbocycles. The lowest BCUT2D eigenvalue weighted by Gasteiger charge is -2.17. The molecule has 0 saturated carbocycles. The summed E-state index contributed by atoms with van der Waals surface area (Å²) in [6.07, 6.45) is 2.91. The van der Waals surface area contributed by atoms with Crippen LogP contribution < -0.4 is 5.32 Å². The summed E-state index contributed by atoms with van der Waals surface area (Å²) in [7, 11) is 0. The number of aliphatic hydroxyl groups is 1. The number of benzene rings is 1. The van der Waals surface area contributed by atoms with Gasteiger partial charge < -0.3 is 14.8 Å². The van der Waals surface area contributed by atoms with Gasteiger partial charge in [0.15, 0.2) is 5.82 Å². The smallest absolute Gasteiger partial charge is 0.152 e. The molecule has 0 aliphatic carbocycles. The Bertz CT molecular complexity index is 760. The second-order valence-electron chi connectivity index (χ2n) is 4.54. The van der Waals surface area contributed by atoms with Crippen LogP contribution in [0.2, 0.25) is 0 Å². The van der Waals surface area contributed by atoms with Gasteiger partial charge in [-0.1, -0.05) is 0 Å². The summed E-state index contributed by atoms with van der Waals surface area (Å²) in [6.45, 7) is -0.227. The topological polar surface area (TPSA) is 58.3 Å². The van der Waals surface area contributed by atoms with Gasteiger partial charge in [-0.05, 0) is 24.3 Å². The van der Waals surface area contributed by atoms with Crippen molar-refractivity contribution < 1.29 is 18.3 Å². The van der Waals surface area contributed by atoms with Gasteiger partial charge in [-0.3, -0.25) is 4.98 Å². The average molecular weight is 290 g/mol. The van der Waals surface area contributed by atoms with Crippen LogP contribution in [0.5, 0.6) is 0 Å². The van der Waals surface area contributed by atoms with Crippen molar-refractivity contribution in [3.8, 4) is 0 Å². The second-order valence-corrected chi connectivity index (χ2v) is 4.54. The molecule has 0 aliphatic rings. The highest BCUT2D eigenvalue weighted by molar-refractivity contribution is 5.91. The van der Waals surface area contributed by atoms with Crippen molar-refractivity contribution in [3.63, 3.8) is 0 Å². The summed E-state index contributed by atoms with van der Waals surface area (Å²) in [5, 5.41) is 12.8. The first-order chi connectivity index (χ1) is 10.2. The van der Waals surface area contributed by atoms with Gasteiger partial charge in [0.2, 0.25) is 0 Å². The number of anilines is 1. The Labute approximate surface area is 119 Å². The van der Waals surface area contributed by atoms with Crippen LogP contribution in [0, 0.1) is 11.6 Å². The SMILES string of the molecule is OCC(Nc1ccnc2c(F)cc(F)cc12)c1ccco1. The molecular formula is C15H12F2N2O2. The standard InChI is InChI=1S/C15H12F2N2O2/c16-9-6-10-12(3-4-18-15(10)11(17)7-9)19-13(8-20)14-2-1-5-21-14/h1-7,13,20H,8H2,(H,18,19). The monoisotopic (exact) mass is 290 g/mol. The van der Waals surface area contributed by atoms with Crippen LogP contribution in [0.25, 0.3) is 10.9 Å². The van der Waals surface area contributed by atoms with Crippen molar-refractivity contribution in [1.82, 2.24) is 4.98 Å². The molecular weight excluding hydrogens is 278 g/mol. The van der Waals surface area contributed by atoms with E-state index in [1.165, 1.54) is 18.5 Å². The van der Waals surface area contributed by atoms with E-state index in [1.54, 1.807) is 18.2 Å². The molecule has 0 spiro atoms. The maximum atomic E-state index is 13.7. The average Bonchev–Trinajstić information content (AvgIpc) is 2.99. The van der Waals surface area contributed by atoms with E-state index >= 15 is 0 Å². The molecule has 0 fully saturated rings. The van der Waals surface area contributed by atoms with Crippen LogP contribution in [0.3, 0.4) is 0 Å². The first kappa shape index (κ1) is 13.5. The van der Waals surface area contributed by atoms with Gasteiger partial charge in [0, 0.05) is 23.3 Å². The molecule has 0 aliphatic heterocycles. The number of pyridine rings is 1. The summed E-state index contributed by atoms with van der Waals surface area (Å²) >= 11 is 0. The molecule has 3 aromatic rings. The largest absolute Gasteiger partial charge is 0.467 e. The predicted molar refractivity (Wildman–Crippen MR) is 73.8 cm³/mol. The molecule has 0 saturated heterocycles. The van der Waals surface area contributed by atoms with Crippen LogP contribution in [-0.2, 0) is 0 Å². The number of hydrogen-bond acceptors (Lipinski definition) is 4. The molecule has 2 N–H and O–H groups in total. The Morgan fingerprint density at radius 3 is 2.86 bits per heavy atom. The lowest BCUT2D eigenvalue weighted by Crippen LogP contribution is -2.14. The highest BCUT2D eigenvalue weighted by atomic mass is 19.1. The Kier molecular flexibility index (Phi) is 3.53. The fourth-order valence-corrected chi connectivity index (χ4v) is 2.19. The van der Waals surface area contributed by atoms with E-state index in [1.807, 2.05) is 0 Å². The third-order valence-electron chi connectivity index (χ3n) is 3.16. The van der Waals surface area contributed by atoms with Gasteiger partial charge >= 0.3 is 0 Å². The van der Waals surface area contributed by atoms with E-state index in [9.17, 15) is 13.9 Å². The molecule has 6 heteroatoms. The van der Waals surface area contributed by atoms with E-state index < -0.39 is 17.7 Å². The zero-order chi connectivity index (χ0) is 14.8. The summed E-state index contributed by atoms with van der Waals surface area (Å²) in [6, 6.07) is 6.46. The second kappa shape index (κ2) is 5.49. The number of rotatable bonds is 4. The lowest BCUT2D eigenvalue weighted by molar-refractivity contribution is 0.261. The molecule has 108 valence electrons. The van der Waals surface area contributed by atoms with Crippen molar-refractivity contribution in [3.05, 3.63) is 60.2 Å². The van der Waals surface area contributed by atoms with Crippen molar-refractivity contribution >= 4 is 16.6 Å². The Hall–Kier alpha value is -2.47. The van der Waals surface area contributed by atoms with Gasteiger partial charge in [0.05, 0.1) is 12.9 Å². The van der Waals surface area contributed by atoms with E-state index in [2.05, 4.69) is 10.3 Å². The van der Waals surface area contributed by atoms with Crippen LogP contribution in [0.1, 0.15) is 11.8 Å². The zero-order valence-corrected chi connectivity index (χ0v) is 10.9. The van der Waals surface area contributed by atoms with Gasteiger partial charge in [-0.25, -0.2) is 8.78 Å². The van der Waals surface area contributed by atoms with Crippen molar-refractivity contribution in [1.29, 1.82) is 0 Å². The first-order valence-electron chi connectivity index (χ1n) is 6.33. The van der Waals surface area contributed by atoms with E-state index in [0.29, 0.717) is 16.8 Å².